The molecule has 56 valence electrons. The van der Waals surface area contributed by atoms with Crippen LogP contribution in [0.2, 0.25) is 0 Å². The van der Waals surface area contributed by atoms with Gasteiger partial charge in [0.1, 0.15) is 0 Å². The van der Waals surface area contributed by atoms with Crippen molar-refractivity contribution in [1.82, 2.24) is 5.43 Å². The molecule has 1 aromatic heterocycles. The maximum absolute atomic E-state index is 5.18. The lowest BCUT2D eigenvalue weighted by molar-refractivity contribution is 0.751. The maximum Gasteiger partial charge on any atom is 0.0442 e. The van der Waals surface area contributed by atoms with Crippen molar-refractivity contribution in [2.24, 2.45) is 5.84 Å². The summed E-state index contributed by atoms with van der Waals surface area (Å²) in [7, 11) is 0. The van der Waals surface area contributed by atoms with Crippen molar-refractivity contribution in [2.45, 2.75) is 20.4 Å². The number of nitrogens with one attached hydrogen (secondary N) is 1. The van der Waals surface area contributed by atoms with Crippen molar-refractivity contribution in [3.8, 4) is 0 Å². The summed E-state index contributed by atoms with van der Waals surface area (Å²) in [5.74, 6) is 5.18. The van der Waals surface area contributed by atoms with Crippen LogP contribution in [0, 0.1) is 13.8 Å². The fourth-order valence-electron chi connectivity index (χ4n) is 0.837. The first-order chi connectivity index (χ1) is 4.74. The van der Waals surface area contributed by atoms with Gasteiger partial charge in [-0.15, -0.1) is 11.3 Å². The molecule has 0 fully saturated rings. The van der Waals surface area contributed by atoms with Gasteiger partial charge >= 0.3 is 0 Å². The first kappa shape index (κ1) is 7.72. The third-order valence-corrected chi connectivity index (χ3v) is 2.65. The van der Waals surface area contributed by atoms with Gasteiger partial charge in [0.2, 0.25) is 0 Å². The SMILES string of the molecule is Cc1cc(CNN)sc1C. The Kier molecular flexibility index (Phi) is 2.43. The van der Waals surface area contributed by atoms with E-state index in [2.05, 4.69) is 25.3 Å². The monoisotopic (exact) mass is 156 g/mol. The van der Waals surface area contributed by atoms with E-state index < -0.39 is 0 Å². The van der Waals surface area contributed by atoms with E-state index in [1.165, 1.54) is 15.3 Å². The van der Waals surface area contributed by atoms with Gasteiger partial charge in [0.25, 0.3) is 0 Å². The Morgan fingerprint density at radius 2 is 2.30 bits per heavy atom. The predicted molar refractivity (Wildman–Crippen MR) is 44.8 cm³/mol. The largest absolute Gasteiger partial charge is 0.271 e. The van der Waals surface area contributed by atoms with Crippen molar-refractivity contribution in [1.29, 1.82) is 0 Å². The minimum atomic E-state index is 0.777. The van der Waals surface area contributed by atoms with Gasteiger partial charge in [0.05, 0.1) is 0 Å². The predicted octanol–water partition coefficient (Wildman–Crippen LogP) is 1.33. The molecule has 0 bridgehead atoms. The molecule has 0 aliphatic rings. The minimum Gasteiger partial charge on any atom is -0.271 e. The number of thiophene rings is 1. The summed E-state index contributed by atoms with van der Waals surface area (Å²) < 4.78 is 0. The van der Waals surface area contributed by atoms with Gasteiger partial charge in [-0.1, -0.05) is 0 Å². The van der Waals surface area contributed by atoms with Crippen LogP contribution in [0.15, 0.2) is 6.07 Å². The molecule has 0 unspecified atom stereocenters. The Balaban J connectivity index is 2.77. The summed E-state index contributed by atoms with van der Waals surface area (Å²) in [6.07, 6.45) is 0. The lowest BCUT2D eigenvalue weighted by atomic mass is 10.3. The topological polar surface area (TPSA) is 38.0 Å². The number of hydrazine groups is 1. The van der Waals surface area contributed by atoms with Gasteiger partial charge in [0.15, 0.2) is 0 Å². The molecule has 1 heterocycles. The van der Waals surface area contributed by atoms with E-state index in [1.54, 1.807) is 11.3 Å². The normalized spacial score (nSPS) is 10.3. The summed E-state index contributed by atoms with van der Waals surface area (Å²) in [5, 5.41) is 0. The molecular formula is C7H12N2S. The summed E-state index contributed by atoms with van der Waals surface area (Å²) in [5.41, 5.74) is 3.99. The van der Waals surface area contributed by atoms with E-state index in [-0.39, 0.29) is 0 Å². The van der Waals surface area contributed by atoms with Crippen LogP contribution < -0.4 is 11.3 Å². The Morgan fingerprint density at radius 3 is 2.70 bits per heavy atom. The maximum atomic E-state index is 5.18. The molecular weight excluding hydrogens is 144 g/mol. The first-order valence-corrected chi connectivity index (χ1v) is 4.05. The molecule has 1 rings (SSSR count). The van der Waals surface area contributed by atoms with Gasteiger partial charge in [0, 0.05) is 16.3 Å². The number of hydrogen-bond donors (Lipinski definition) is 2. The van der Waals surface area contributed by atoms with E-state index in [9.17, 15) is 0 Å². The van der Waals surface area contributed by atoms with Crippen molar-refractivity contribution >= 4 is 11.3 Å². The zero-order valence-electron chi connectivity index (χ0n) is 6.27. The summed E-state index contributed by atoms with van der Waals surface area (Å²) in [4.78, 5) is 2.68. The molecule has 3 N–H and O–H groups in total. The van der Waals surface area contributed by atoms with Gasteiger partial charge in [-0.2, -0.15) is 0 Å². The Bertz CT molecular complexity index is 198. The molecule has 1 aromatic rings. The van der Waals surface area contributed by atoms with E-state index in [0.717, 1.165) is 6.54 Å². The van der Waals surface area contributed by atoms with Crippen LogP contribution in [0.25, 0.3) is 0 Å². The van der Waals surface area contributed by atoms with E-state index in [1.807, 2.05) is 0 Å². The molecule has 0 aliphatic heterocycles. The van der Waals surface area contributed by atoms with Crippen LogP contribution in [-0.2, 0) is 6.54 Å². The van der Waals surface area contributed by atoms with Gasteiger partial charge in [-0.25, -0.2) is 0 Å². The number of rotatable bonds is 2. The third-order valence-electron chi connectivity index (χ3n) is 1.49. The van der Waals surface area contributed by atoms with Gasteiger partial charge in [-0.3, -0.25) is 11.3 Å². The van der Waals surface area contributed by atoms with Gasteiger partial charge in [-0.05, 0) is 25.5 Å². The highest BCUT2D eigenvalue weighted by atomic mass is 32.1. The molecule has 0 saturated carbocycles. The van der Waals surface area contributed by atoms with Crippen LogP contribution in [0.1, 0.15) is 15.3 Å². The van der Waals surface area contributed by atoms with Crippen LogP contribution in [-0.4, -0.2) is 0 Å². The number of hydrogen-bond acceptors (Lipinski definition) is 3. The molecule has 2 nitrogen and oxygen atoms in total. The Labute approximate surface area is 65.0 Å². The zero-order valence-corrected chi connectivity index (χ0v) is 7.09. The second kappa shape index (κ2) is 3.14. The minimum absolute atomic E-state index is 0.777. The van der Waals surface area contributed by atoms with Crippen LogP contribution in [0.3, 0.4) is 0 Å². The summed E-state index contributed by atoms with van der Waals surface area (Å²) >= 11 is 1.80. The Morgan fingerprint density at radius 1 is 1.60 bits per heavy atom. The van der Waals surface area contributed by atoms with Crippen LogP contribution in [0.5, 0.6) is 0 Å². The van der Waals surface area contributed by atoms with Crippen molar-refractivity contribution in [2.75, 3.05) is 0 Å². The highest BCUT2D eigenvalue weighted by Gasteiger charge is 1.98. The quantitative estimate of drug-likeness (QED) is 0.501. The zero-order chi connectivity index (χ0) is 7.56. The summed E-state index contributed by atoms with van der Waals surface area (Å²) in [6, 6.07) is 2.17. The molecule has 0 saturated heterocycles. The van der Waals surface area contributed by atoms with E-state index >= 15 is 0 Å². The molecule has 0 aromatic carbocycles. The molecule has 0 aliphatic carbocycles. The second-order valence-electron chi connectivity index (χ2n) is 2.33. The van der Waals surface area contributed by atoms with Crippen LogP contribution in [0.4, 0.5) is 0 Å². The van der Waals surface area contributed by atoms with Crippen molar-refractivity contribution < 1.29 is 0 Å². The second-order valence-corrected chi connectivity index (χ2v) is 3.67. The fourth-order valence-corrected chi connectivity index (χ4v) is 1.84. The molecule has 3 heteroatoms. The Hall–Kier alpha value is -0.380. The average molecular weight is 156 g/mol. The number of aryl methyl sites for hydroxylation is 2. The first-order valence-electron chi connectivity index (χ1n) is 3.23. The number of nitrogens with two attached hydrogens (primary N) is 1. The fraction of sp³-hybridized carbons (Fsp3) is 0.429. The lowest BCUT2D eigenvalue weighted by Crippen LogP contribution is -2.19. The van der Waals surface area contributed by atoms with E-state index in [4.69, 9.17) is 5.84 Å². The highest BCUT2D eigenvalue weighted by Crippen LogP contribution is 2.19. The van der Waals surface area contributed by atoms with Crippen molar-refractivity contribution in [3.63, 3.8) is 0 Å². The molecule has 0 spiro atoms. The summed E-state index contributed by atoms with van der Waals surface area (Å²) in [6.45, 7) is 5.02. The van der Waals surface area contributed by atoms with E-state index in [0.29, 0.717) is 0 Å². The molecule has 0 atom stereocenters. The average Bonchev–Trinajstić information content (AvgIpc) is 2.14. The van der Waals surface area contributed by atoms with Gasteiger partial charge < -0.3 is 0 Å². The smallest absolute Gasteiger partial charge is 0.0442 e. The lowest BCUT2D eigenvalue weighted by Gasteiger charge is -1.90. The molecule has 0 radical (unpaired) electrons. The highest BCUT2D eigenvalue weighted by molar-refractivity contribution is 7.12. The third kappa shape index (κ3) is 1.56. The van der Waals surface area contributed by atoms with Crippen molar-refractivity contribution in [3.05, 3.63) is 21.4 Å². The molecule has 0 amide bonds. The standard InChI is InChI=1S/C7H12N2S/c1-5-3-7(4-9-8)10-6(5)2/h3,9H,4,8H2,1-2H3. The van der Waals surface area contributed by atoms with Crippen LogP contribution >= 0.6 is 11.3 Å². The molecule has 10 heavy (non-hydrogen) atoms.